The molecular formula is C27H31NOS3. The zero-order chi connectivity index (χ0) is 21.9. The minimum atomic E-state index is -1.02. The molecule has 5 heteroatoms. The molecule has 2 saturated heterocycles. The van der Waals surface area contributed by atoms with Gasteiger partial charge >= 0.3 is 0 Å². The number of nitrogens with one attached hydrogen (secondary N) is 1. The standard InChI is InChI=1S/C27H31NOS3/c29-27(22-12-3-5-14-24(22)32-25-15-6-4-13-23(25)27)26(30-18-9-19-31-26)16-7-1-2-10-21-11-8-17-28-20-21/h3-6,12-15,21,28-29H,7-11,16-20H2. The van der Waals surface area contributed by atoms with Gasteiger partial charge in [0.1, 0.15) is 5.60 Å². The SMILES string of the molecule is OC1(C2(CCC#CCC3CCCNC3)SCCCS2)c2ccccc2Sc2ccccc21. The number of fused-ring (bicyclic) bond motifs is 2. The highest BCUT2D eigenvalue weighted by atomic mass is 32.2. The van der Waals surface area contributed by atoms with E-state index in [9.17, 15) is 5.11 Å². The first kappa shape index (κ1) is 22.7. The van der Waals surface area contributed by atoms with Crippen LogP contribution < -0.4 is 5.32 Å². The summed E-state index contributed by atoms with van der Waals surface area (Å²) in [5.41, 5.74) is 1.11. The Morgan fingerprint density at radius 3 is 2.28 bits per heavy atom. The molecule has 32 heavy (non-hydrogen) atoms. The Morgan fingerprint density at radius 2 is 1.62 bits per heavy atom. The Kier molecular flexibility index (Phi) is 7.16. The fourth-order valence-electron chi connectivity index (χ4n) is 5.12. The van der Waals surface area contributed by atoms with Gasteiger partial charge in [-0.2, -0.15) is 0 Å². The van der Waals surface area contributed by atoms with Crippen LogP contribution in [0.4, 0.5) is 0 Å². The maximum atomic E-state index is 12.7. The minimum Gasteiger partial charge on any atom is -0.378 e. The van der Waals surface area contributed by atoms with Gasteiger partial charge in [-0.15, -0.1) is 35.4 Å². The number of aliphatic hydroxyl groups is 1. The third-order valence-electron chi connectivity index (χ3n) is 6.78. The average Bonchev–Trinajstić information content (AvgIpc) is 2.85. The second-order valence-electron chi connectivity index (χ2n) is 8.88. The lowest BCUT2D eigenvalue weighted by atomic mass is 9.80. The number of thioether (sulfide) groups is 2. The summed E-state index contributed by atoms with van der Waals surface area (Å²) in [5.74, 6) is 9.84. The summed E-state index contributed by atoms with van der Waals surface area (Å²) in [7, 11) is 0. The Bertz CT molecular complexity index is 954. The van der Waals surface area contributed by atoms with Gasteiger partial charge in [0.15, 0.2) is 0 Å². The van der Waals surface area contributed by atoms with Crippen molar-refractivity contribution in [1.29, 1.82) is 0 Å². The summed E-state index contributed by atoms with van der Waals surface area (Å²) in [6, 6.07) is 16.9. The van der Waals surface area contributed by atoms with E-state index in [2.05, 4.69) is 65.7 Å². The van der Waals surface area contributed by atoms with E-state index < -0.39 is 5.60 Å². The molecule has 0 radical (unpaired) electrons. The van der Waals surface area contributed by atoms with E-state index in [-0.39, 0.29) is 4.08 Å². The molecule has 3 aliphatic heterocycles. The summed E-state index contributed by atoms with van der Waals surface area (Å²) in [6.07, 6.45) is 6.48. The van der Waals surface area contributed by atoms with E-state index in [1.54, 1.807) is 11.8 Å². The van der Waals surface area contributed by atoms with Gasteiger partial charge in [-0.05, 0) is 68.3 Å². The molecule has 2 aromatic carbocycles. The quantitative estimate of drug-likeness (QED) is 0.514. The maximum absolute atomic E-state index is 12.7. The molecular weight excluding hydrogens is 451 g/mol. The molecule has 3 heterocycles. The van der Waals surface area contributed by atoms with Gasteiger partial charge in [0.25, 0.3) is 0 Å². The van der Waals surface area contributed by atoms with E-state index in [0.717, 1.165) is 55.0 Å². The molecule has 2 N–H and O–H groups in total. The summed E-state index contributed by atoms with van der Waals surface area (Å²) in [4.78, 5) is 2.35. The number of piperidine rings is 1. The largest absolute Gasteiger partial charge is 0.378 e. The van der Waals surface area contributed by atoms with Gasteiger partial charge in [0.05, 0.1) is 4.08 Å². The number of benzene rings is 2. The normalized spacial score (nSPS) is 23.3. The highest BCUT2D eigenvalue weighted by Crippen LogP contribution is 2.63. The van der Waals surface area contributed by atoms with E-state index in [1.165, 1.54) is 29.1 Å². The zero-order valence-corrected chi connectivity index (χ0v) is 20.9. The lowest BCUT2D eigenvalue weighted by Crippen LogP contribution is -2.51. The molecule has 3 aliphatic rings. The summed E-state index contributed by atoms with van der Waals surface area (Å²) >= 11 is 5.69. The van der Waals surface area contributed by atoms with Gasteiger partial charge < -0.3 is 10.4 Å². The van der Waals surface area contributed by atoms with E-state index in [1.807, 2.05) is 23.5 Å². The third kappa shape index (κ3) is 4.26. The number of hydrogen-bond donors (Lipinski definition) is 2. The van der Waals surface area contributed by atoms with Gasteiger partial charge in [-0.1, -0.05) is 48.2 Å². The second kappa shape index (κ2) is 10.1. The maximum Gasteiger partial charge on any atom is 0.140 e. The molecule has 5 rings (SSSR count). The molecule has 0 bridgehead atoms. The Balaban J connectivity index is 1.45. The molecule has 168 valence electrons. The van der Waals surface area contributed by atoms with E-state index >= 15 is 0 Å². The van der Waals surface area contributed by atoms with Crippen LogP contribution in [0.15, 0.2) is 58.3 Å². The molecule has 0 aliphatic carbocycles. The van der Waals surface area contributed by atoms with Crippen LogP contribution in [-0.4, -0.2) is 33.8 Å². The van der Waals surface area contributed by atoms with Crippen LogP contribution in [0.2, 0.25) is 0 Å². The van der Waals surface area contributed by atoms with Gasteiger partial charge in [-0.3, -0.25) is 0 Å². The topological polar surface area (TPSA) is 32.3 Å². The van der Waals surface area contributed by atoms with Gasteiger partial charge in [-0.25, -0.2) is 0 Å². The van der Waals surface area contributed by atoms with Crippen molar-refractivity contribution in [3.63, 3.8) is 0 Å². The van der Waals surface area contributed by atoms with Crippen molar-refractivity contribution < 1.29 is 5.11 Å². The summed E-state index contributed by atoms with van der Waals surface area (Å²) in [6.45, 7) is 2.26. The van der Waals surface area contributed by atoms with Crippen molar-refractivity contribution >= 4 is 35.3 Å². The predicted octanol–water partition coefficient (Wildman–Crippen LogP) is 6.13. The Labute approximate surface area is 205 Å². The van der Waals surface area contributed by atoms with Crippen LogP contribution in [0.3, 0.4) is 0 Å². The first-order valence-electron chi connectivity index (χ1n) is 11.8. The van der Waals surface area contributed by atoms with Crippen LogP contribution in [0.1, 0.15) is 49.7 Å². The number of hydrogen-bond acceptors (Lipinski definition) is 5. The van der Waals surface area contributed by atoms with Crippen LogP contribution in [0.5, 0.6) is 0 Å². The summed E-state index contributed by atoms with van der Waals surface area (Å²) in [5, 5.41) is 16.2. The minimum absolute atomic E-state index is 0.320. The van der Waals surface area contributed by atoms with Crippen LogP contribution in [0.25, 0.3) is 0 Å². The Morgan fingerprint density at radius 1 is 0.938 bits per heavy atom. The van der Waals surface area contributed by atoms with Crippen molar-refractivity contribution in [3.05, 3.63) is 59.7 Å². The molecule has 2 nitrogen and oxygen atoms in total. The van der Waals surface area contributed by atoms with Crippen molar-refractivity contribution in [2.45, 2.75) is 58.0 Å². The molecule has 0 aromatic heterocycles. The molecule has 0 spiro atoms. The predicted molar refractivity (Wildman–Crippen MR) is 139 cm³/mol. The lowest BCUT2D eigenvalue weighted by Gasteiger charge is -2.51. The molecule has 0 amide bonds. The van der Waals surface area contributed by atoms with Crippen LogP contribution in [0, 0.1) is 17.8 Å². The summed E-state index contributed by atoms with van der Waals surface area (Å²) < 4.78 is -0.320. The van der Waals surface area contributed by atoms with Crippen molar-refractivity contribution in [2.24, 2.45) is 5.92 Å². The van der Waals surface area contributed by atoms with Gasteiger partial charge in [0.2, 0.25) is 0 Å². The molecule has 1 unspecified atom stereocenters. The van der Waals surface area contributed by atoms with Crippen molar-refractivity contribution in [1.82, 2.24) is 5.32 Å². The zero-order valence-electron chi connectivity index (χ0n) is 18.4. The van der Waals surface area contributed by atoms with E-state index in [4.69, 9.17) is 0 Å². The van der Waals surface area contributed by atoms with Crippen molar-refractivity contribution in [3.8, 4) is 11.8 Å². The monoisotopic (exact) mass is 481 g/mol. The number of rotatable bonds is 4. The molecule has 2 fully saturated rings. The highest BCUT2D eigenvalue weighted by Gasteiger charge is 2.56. The fourth-order valence-corrected chi connectivity index (χ4v) is 9.91. The van der Waals surface area contributed by atoms with Gasteiger partial charge in [0, 0.05) is 33.8 Å². The van der Waals surface area contributed by atoms with Crippen molar-refractivity contribution in [2.75, 3.05) is 24.6 Å². The van der Waals surface area contributed by atoms with E-state index in [0.29, 0.717) is 5.92 Å². The highest BCUT2D eigenvalue weighted by molar-refractivity contribution is 8.18. The second-order valence-corrected chi connectivity index (χ2v) is 13.0. The average molecular weight is 482 g/mol. The fraction of sp³-hybridized carbons (Fsp3) is 0.481. The lowest BCUT2D eigenvalue weighted by molar-refractivity contribution is 0.0578. The first-order chi connectivity index (χ1) is 15.7. The van der Waals surface area contributed by atoms with Crippen LogP contribution >= 0.6 is 35.3 Å². The first-order valence-corrected chi connectivity index (χ1v) is 14.6. The Hall–Kier alpha value is -1.03. The van der Waals surface area contributed by atoms with Crippen LogP contribution in [-0.2, 0) is 5.60 Å². The third-order valence-corrected chi connectivity index (χ3v) is 11.6. The molecule has 1 atom stereocenters. The molecule has 2 aromatic rings. The molecule has 0 saturated carbocycles. The smallest absolute Gasteiger partial charge is 0.140 e.